The lowest BCUT2D eigenvalue weighted by Crippen LogP contribution is -2.29. The van der Waals surface area contributed by atoms with E-state index in [1.807, 2.05) is 23.6 Å². The molecule has 1 aromatic heterocycles. The fraction of sp³-hybridized carbons (Fsp3) is 0.280. The molecule has 2 aromatic carbocycles. The van der Waals surface area contributed by atoms with Gasteiger partial charge in [0.25, 0.3) is 5.91 Å². The number of hydrogen-bond acceptors (Lipinski definition) is 4. The Morgan fingerprint density at radius 3 is 2.58 bits per heavy atom. The lowest BCUT2D eigenvalue weighted by Gasteiger charge is -2.20. The molecule has 1 aliphatic rings. The molecule has 6 heteroatoms. The van der Waals surface area contributed by atoms with Crippen LogP contribution in [0.4, 0.5) is 10.5 Å². The van der Waals surface area contributed by atoms with E-state index >= 15 is 0 Å². The van der Waals surface area contributed by atoms with Gasteiger partial charge in [-0.05, 0) is 53.1 Å². The Morgan fingerprint density at radius 2 is 1.94 bits per heavy atom. The summed E-state index contributed by atoms with van der Waals surface area (Å²) in [4.78, 5) is 27.6. The zero-order chi connectivity index (χ0) is 21.8. The molecule has 1 atom stereocenters. The summed E-state index contributed by atoms with van der Waals surface area (Å²) in [7, 11) is 0. The second kappa shape index (κ2) is 9.35. The van der Waals surface area contributed by atoms with Gasteiger partial charge in [0.2, 0.25) is 0 Å². The predicted octanol–water partition coefficient (Wildman–Crippen LogP) is 5.42. The van der Waals surface area contributed by atoms with Crippen LogP contribution in [0.1, 0.15) is 46.3 Å². The summed E-state index contributed by atoms with van der Waals surface area (Å²) in [5.74, 6) is 0.415. The lowest BCUT2D eigenvalue weighted by atomic mass is 9.98. The summed E-state index contributed by atoms with van der Waals surface area (Å²) >= 11 is 1.62. The highest BCUT2D eigenvalue weighted by atomic mass is 32.1. The SMILES string of the molecule is CC(C)Cc1ccc(C(NC(=O)c2cccc(N3CCOC3=O)c2)c2cccs2)cc1. The van der Waals surface area contributed by atoms with Gasteiger partial charge in [-0.25, -0.2) is 4.79 Å². The fourth-order valence-corrected chi connectivity index (χ4v) is 4.55. The quantitative estimate of drug-likeness (QED) is 0.540. The van der Waals surface area contributed by atoms with Crippen LogP contribution in [-0.4, -0.2) is 25.2 Å². The molecule has 5 nitrogen and oxygen atoms in total. The fourth-order valence-electron chi connectivity index (χ4n) is 3.75. The minimum atomic E-state index is -0.379. The minimum absolute atomic E-state index is 0.181. The Balaban J connectivity index is 1.56. The second-order valence-electron chi connectivity index (χ2n) is 8.08. The van der Waals surface area contributed by atoms with Crippen molar-refractivity contribution in [3.05, 3.63) is 87.6 Å². The van der Waals surface area contributed by atoms with Crippen molar-refractivity contribution in [3.8, 4) is 0 Å². The van der Waals surface area contributed by atoms with Crippen LogP contribution < -0.4 is 10.2 Å². The third-order valence-corrected chi connectivity index (χ3v) is 6.18. The van der Waals surface area contributed by atoms with Gasteiger partial charge in [-0.2, -0.15) is 0 Å². The van der Waals surface area contributed by atoms with Crippen LogP contribution in [0.3, 0.4) is 0 Å². The van der Waals surface area contributed by atoms with Crippen molar-refractivity contribution in [1.82, 2.24) is 5.32 Å². The molecule has 0 spiro atoms. The van der Waals surface area contributed by atoms with E-state index in [1.165, 1.54) is 5.56 Å². The monoisotopic (exact) mass is 434 g/mol. The van der Waals surface area contributed by atoms with Gasteiger partial charge < -0.3 is 10.1 Å². The van der Waals surface area contributed by atoms with E-state index in [0.717, 1.165) is 16.9 Å². The molecule has 160 valence electrons. The molecule has 0 bridgehead atoms. The molecular weight excluding hydrogens is 408 g/mol. The average molecular weight is 435 g/mol. The first-order valence-corrected chi connectivity index (χ1v) is 11.4. The molecule has 1 N–H and O–H groups in total. The number of carbonyl (C=O) groups is 2. The second-order valence-corrected chi connectivity index (χ2v) is 9.06. The van der Waals surface area contributed by atoms with Crippen LogP contribution in [0.2, 0.25) is 0 Å². The molecule has 3 aromatic rings. The highest BCUT2D eigenvalue weighted by Gasteiger charge is 2.25. The van der Waals surface area contributed by atoms with Gasteiger partial charge in [0.15, 0.2) is 0 Å². The highest BCUT2D eigenvalue weighted by molar-refractivity contribution is 7.10. The number of nitrogens with one attached hydrogen (secondary N) is 1. The first kappa shape index (κ1) is 21.1. The molecule has 1 aliphatic heterocycles. The van der Waals surface area contributed by atoms with Crippen molar-refractivity contribution >= 4 is 29.0 Å². The Kier molecular flexibility index (Phi) is 6.37. The first-order chi connectivity index (χ1) is 15.0. The largest absolute Gasteiger partial charge is 0.447 e. The van der Waals surface area contributed by atoms with Crippen molar-refractivity contribution < 1.29 is 14.3 Å². The van der Waals surface area contributed by atoms with E-state index in [2.05, 4.69) is 43.4 Å². The number of thiophene rings is 1. The van der Waals surface area contributed by atoms with Gasteiger partial charge in [-0.15, -0.1) is 11.3 Å². The van der Waals surface area contributed by atoms with Gasteiger partial charge in [-0.1, -0.05) is 50.2 Å². The van der Waals surface area contributed by atoms with Gasteiger partial charge in [-0.3, -0.25) is 9.69 Å². The smallest absolute Gasteiger partial charge is 0.414 e. The number of cyclic esters (lactones) is 1. The van der Waals surface area contributed by atoms with E-state index in [0.29, 0.717) is 30.3 Å². The third-order valence-electron chi connectivity index (χ3n) is 5.24. The summed E-state index contributed by atoms with van der Waals surface area (Å²) < 4.78 is 5.01. The van der Waals surface area contributed by atoms with Gasteiger partial charge in [0.05, 0.1) is 12.6 Å². The maximum absolute atomic E-state index is 13.1. The van der Waals surface area contributed by atoms with Gasteiger partial charge in [0, 0.05) is 16.1 Å². The summed E-state index contributed by atoms with van der Waals surface area (Å²) in [5, 5.41) is 5.19. The number of nitrogens with zero attached hydrogens (tertiary/aromatic N) is 1. The minimum Gasteiger partial charge on any atom is -0.447 e. The number of ether oxygens (including phenoxy) is 1. The van der Waals surface area contributed by atoms with Crippen molar-refractivity contribution in [2.75, 3.05) is 18.1 Å². The predicted molar refractivity (Wildman–Crippen MR) is 124 cm³/mol. The summed E-state index contributed by atoms with van der Waals surface area (Å²) in [6, 6.07) is 19.4. The van der Waals surface area contributed by atoms with Gasteiger partial charge in [0.1, 0.15) is 6.61 Å². The average Bonchev–Trinajstić information content (AvgIpc) is 3.44. The van der Waals surface area contributed by atoms with Crippen molar-refractivity contribution in [2.45, 2.75) is 26.3 Å². The number of hydrogen-bond donors (Lipinski definition) is 1. The number of benzene rings is 2. The Bertz CT molecular complexity index is 1040. The Morgan fingerprint density at radius 1 is 1.13 bits per heavy atom. The van der Waals surface area contributed by atoms with E-state index < -0.39 is 0 Å². The maximum atomic E-state index is 13.1. The molecule has 31 heavy (non-hydrogen) atoms. The van der Waals surface area contributed by atoms with Crippen molar-refractivity contribution in [2.24, 2.45) is 5.92 Å². The number of rotatable bonds is 7. The molecule has 1 unspecified atom stereocenters. The zero-order valence-corrected chi connectivity index (χ0v) is 18.5. The highest BCUT2D eigenvalue weighted by Crippen LogP contribution is 2.28. The molecule has 0 radical (unpaired) electrons. The molecule has 1 fully saturated rings. The third kappa shape index (κ3) is 4.97. The van der Waals surface area contributed by atoms with Crippen molar-refractivity contribution in [3.63, 3.8) is 0 Å². The van der Waals surface area contributed by atoms with Crippen molar-refractivity contribution in [1.29, 1.82) is 0 Å². The van der Waals surface area contributed by atoms with E-state index in [-0.39, 0.29) is 18.0 Å². The van der Waals surface area contributed by atoms with E-state index in [1.54, 1.807) is 34.4 Å². The molecule has 2 heterocycles. The van der Waals surface area contributed by atoms with E-state index in [9.17, 15) is 9.59 Å². The summed E-state index contributed by atoms with van der Waals surface area (Å²) in [5.41, 5.74) is 3.51. The number of amides is 2. The Labute approximate surface area is 186 Å². The lowest BCUT2D eigenvalue weighted by molar-refractivity contribution is 0.0943. The van der Waals surface area contributed by atoms with Crippen LogP contribution in [0.25, 0.3) is 0 Å². The maximum Gasteiger partial charge on any atom is 0.414 e. The molecule has 4 rings (SSSR count). The molecule has 2 amide bonds. The first-order valence-electron chi connectivity index (χ1n) is 10.5. The van der Waals surface area contributed by atoms with Gasteiger partial charge >= 0.3 is 6.09 Å². The van der Waals surface area contributed by atoms with Crippen LogP contribution >= 0.6 is 11.3 Å². The Hall–Kier alpha value is -3.12. The normalized spacial score (nSPS) is 14.5. The standard InChI is InChI=1S/C25H26N2O3S/c1-17(2)15-18-8-10-19(11-9-18)23(22-7-4-14-31-22)26-24(28)20-5-3-6-21(16-20)27-12-13-30-25(27)29/h3-11,14,16-17,23H,12-13,15H2,1-2H3,(H,26,28). The number of anilines is 1. The molecular formula is C25H26N2O3S. The molecule has 0 saturated carbocycles. The zero-order valence-electron chi connectivity index (χ0n) is 17.7. The van der Waals surface area contributed by atoms with Crippen LogP contribution in [-0.2, 0) is 11.2 Å². The van der Waals surface area contributed by atoms with Crippen LogP contribution in [0, 0.1) is 5.92 Å². The number of carbonyl (C=O) groups excluding carboxylic acids is 2. The molecule has 1 saturated heterocycles. The topological polar surface area (TPSA) is 58.6 Å². The summed E-state index contributed by atoms with van der Waals surface area (Å²) in [6.45, 7) is 5.27. The summed E-state index contributed by atoms with van der Waals surface area (Å²) in [6.07, 6.45) is 0.651. The van der Waals surface area contributed by atoms with E-state index in [4.69, 9.17) is 4.74 Å². The van der Waals surface area contributed by atoms with Crippen LogP contribution in [0.15, 0.2) is 66.0 Å². The molecule has 0 aliphatic carbocycles. The van der Waals surface area contributed by atoms with Crippen LogP contribution in [0.5, 0.6) is 0 Å².